The highest BCUT2D eigenvalue weighted by Crippen LogP contribution is 2.16. The summed E-state index contributed by atoms with van der Waals surface area (Å²) in [6, 6.07) is 18.2. The summed E-state index contributed by atoms with van der Waals surface area (Å²) in [6.07, 6.45) is 3.64. The fourth-order valence-electron chi connectivity index (χ4n) is 2.04. The Balaban J connectivity index is 1.71. The lowest BCUT2D eigenvalue weighted by Crippen LogP contribution is -1.97. The van der Waals surface area contributed by atoms with Gasteiger partial charge in [0.15, 0.2) is 5.75 Å². The van der Waals surface area contributed by atoms with Crippen molar-refractivity contribution in [3.63, 3.8) is 0 Å². The van der Waals surface area contributed by atoms with E-state index in [2.05, 4.69) is 24.2 Å². The number of rotatable bonds is 4. The van der Waals surface area contributed by atoms with Crippen LogP contribution in [0.3, 0.4) is 0 Å². The second-order valence-corrected chi connectivity index (χ2v) is 4.67. The molecule has 0 atom stereocenters. The molecule has 3 nitrogen and oxygen atoms in total. The third-order valence-corrected chi connectivity index (χ3v) is 3.24. The summed E-state index contributed by atoms with van der Waals surface area (Å²) in [7, 11) is 0. The summed E-state index contributed by atoms with van der Waals surface area (Å²) in [5.41, 5.74) is 3.46. The largest absolute Gasteiger partial charge is 0.486 e. The molecule has 0 N–H and O–H groups in total. The van der Waals surface area contributed by atoms with Crippen LogP contribution in [0, 0.1) is 6.92 Å². The predicted octanol–water partition coefficient (Wildman–Crippen LogP) is 3.76. The Morgan fingerprint density at radius 2 is 1.75 bits per heavy atom. The number of hydrogen-bond donors (Lipinski definition) is 0. The first-order chi connectivity index (χ1) is 9.83. The Morgan fingerprint density at radius 1 is 1.00 bits per heavy atom. The molecule has 0 bridgehead atoms. The van der Waals surface area contributed by atoms with Crippen molar-refractivity contribution < 1.29 is 4.74 Å². The van der Waals surface area contributed by atoms with E-state index in [1.54, 1.807) is 6.20 Å². The average molecular weight is 264 g/mol. The first kappa shape index (κ1) is 12.5. The van der Waals surface area contributed by atoms with E-state index in [1.807, 2.05) is 53.3 Å². The van der Waals surface area contributed by atoms with Gasteiger partial charge in [0.05, 0.1) is 18.1 Å². The summed E-state index contributed by atoms with van der Waals surface area (Å²) < 4.78 is 7.60. The lowest BCUT2D eigenvalue weighted by Gasteiger charge is -2.06. The van der Waals surface area contributed by atoms with E-state index < -0.39 is 0 Å². The Bertz CT molecular complexity index is 689. The minimum atomic E-state index is 0.563. The molecule has 0 saturated carbocycles. The summed E-state index contributed by atoms with van der Waals surface area (Å²) in [5.74, 6) is 0.775. The number of para-hydroxylation sites is 1. The molecule has 3 aromatic rings. The molecule has 1 aromatic heterocycles. The molecule has 3 heteroatoms. The van der Waals surface area contributed by atoms with Crippen LogP contribution in [0.4, 0.5) is 0 Å². The maximum Gasteiger partial charge on any atom is 0.158 e. The number of hydrogen-bond acceptors (Lipinski definition) is 2. The Morgan fingerprint density at radius 3 is 2.55 bits per heavy atom. The van der Waals surface area contributed by atoms with Crippen molar-refractivity contribution in [1.29, 1.82) is 0 Å². The zero-order chi connectivity index (χ0) is 13.8. The molecule has 0 aliphatic heterocycles. The van der Waals surface area contributed by atoms with Crippen molar-refractivity contribution in [2.24, 2.45) is 0 Å². The van der Waals surface area contributed by atoms with Crippen LogP contribution in [-0.4, -0.2) is 9.78 Å². The van der Waals surface area contributed by atoms with E-state index in [9.17, 15) is 0 Å². The van der Waals surface area contributed by atoms with Crippen molar-refractivity contribution in [3.05, 3.63) is 78.1 Å². The van der Waals surface area contributed by atoms with E-state index in [0.717, 1.165) is 11.4 Å². The minimum Gasteiger partial charge on any atom is -0.486 e. The number of aromatic nitrogens is 2. The molecular formula is C17H16N2O. The maximum absolute atomic E-state index is 5.79. The number of aryl methyl sites for hydroxylation is 1. The third kappa shape index (κ3) is 2.72. The van der Waals surface area contributed by atoms with Crippen molar-refractivity contribution >= 4 is 0 Å². The zero-order valence-corrected chi connectivity index (χ0v) is 11.4. The molecule has 20 heavy (non-hydrogen) atoms. The highest BCUT2D eigenvalue weighted by Gasteiger charge is 2.03. The Hall–Kier alpha value is -2.55. The fourth-order valence-corrected chi connectivity index (χ4v) is 2.04. The summed E-state index contributed by atoms with van der Waals surface area (Å²) in [6.45, 7) is 2.65. The predicted molar refractivity (Wildman–Crippen MR) is 79.1 cm³/mol. The Kier molecular flexibility index (Phi) is 3.50. The highest BCUT2D eigenvalue weighted by atomic mass is 16.5. The normalized spacial score (nSPS) is 10.4. The molecule has 1 heterocycles. The van der Waals surface area contributed by atoms with Gasteiger partial charge in [-0.2, -0.15) is 5.10 Å². The van der Waals surface area contributed by atoms with Gasteiger partial charge < -0.3 is 4.74 Å². The van der Waals surface area contributed by atoms with Gasteiger partial charge in [0.2, 0.25) is 0 Å². The summed E-state index contributed by atoms with van der Waals surface area (Å²) in [4.78, 5) is 0. The van der Waals surface area contributed by atoms with E-state index in [1.165, 1.54) is 11.1 Å². The molecule has 3 rings (SSSR count). The quantitative estimate of drug-likeness (QED) is 0.717. The molecule has 0 aliphatic rings. The van der Waals surface area contributed by atoms with Crippen LogP contribution in [0.15, 0.2) is 67.0 Å². The standard InChI is InChI=1S/C17H16N2O/c1-14-7-5-6-8-15(14)13-20-17-11-18-19(12-17)16-9-3-2-4-10-16/h2-12H,13H2,1H3. The fraction of sp³-hybridized carbons (Fsp3) is 0.118. The maximum atomic E-state index is 5.79. The van der Waals surface area contributed by atoms with Crippen LogP contribution in [0.5, 0.6) is 5.75 Å². The van der Waals surface area contributed by atoms with Gasteiger partial charge in [0.25, 0.3) is 0 Å². The topological polar surface area (TPSA) is 27.1 Å². The van der Waals surface area contributed by atoms with Crippen molar-refractivity contribution in [3.8, 4) is 11.4 Å². The SMILES string of the molecule is Cc1ccccc1COc1cnn(-c2ccccc2)c1. The van der Waals surface area contributed by atoms with Crippen molar-refractivity contribution in [2.45, 2.75) is 13.5 Å². The number of nitrogens with zero attached hydrogens (tertiary/aromatic N) is 2. The zero-order valence-electron chi connectivity index (χ0n) is 11.4. The van der Waals surface area contributed by atoms with Crippen LogP contribution in [0.2, 0.25) is 0 Å². The molecule has 0 fully saturated rings. The van der Waals surface area contributed by atoms with Gasteiger partial charge in [-0.05, 0) is 30.2 Å². The van der Waals surface area contributed by atoms with E-state index in [4.69, 9.17) is 4.74 Å². The molecular weight excluding hydrogens is 248 g/mol. The molecule has 0 amide bonds. The van der Waals surface area contributed by atoms with E-state index in [-0.39, 0.29) is 0 Å². The van der Waals surface area contributed by atoms with Crippen molar-refractivity contribution in [1.82, 2.24) is 9.78 Å². The van der Waals surface area contributed by atoms with Crippen LogP contribution < -0.4 is 4.74 Å². The second kappa shape index (κ2) is 5.61. The van der Waals surface area contributed by atoms with Crippen molar-refractivity contribution in [2.75, 3.05) is 0 Å². The molecule has 0 radical (unpaired) electrons. The monoisotopic (exact) mass is 264 g/mol. The second-order valence-electron chi connectivity index (χ2n) is 4.67. The van der Waals surface area contributed by atoms with Gasteiger partial charge in [-0.1, -0.05) is 42.5 Å². The van der Waals surface area contributed by atoms with Gasteiger partial charge >= 0.3 is 0 Å². The van der Waals surface area contributed by atoms with Crippen LogP contribution >= 0.6 is 0 Å². The number of ether oxygens (including phenoxy) is 1. The molecule has 0 spiro atoms. The van der Waals surface area contributed by atoms with E-state index in [0.29, 0.717) is 6.61 Å². The van der Waals surface area contributed by atoms with Gasteiger partial charge in [-0.25, -0.2) is 4.68 Å². The summed E-state index contributed by atoms with van der Waals surface area (Å²) in [5, 5.41) is 4.31. The first-order valence-electron chi connectivity index (χ1n) is 6.60. The average Bonchev–Trinajstić information content (AvgIpc) is 2.96. The molecule has 0 aliphatic carbocycles. The number of benzene rings is 2. The van der Waals surface area contributed by atoms with Gasteiger partial charge in [-0.15, -0.1) is 0 Å². The lowest BCUT2D eigenvalue weighted by molar-refractivity contribution is 0.305. The minimum absolute atomic E-state index is 0.563. The van der Waals surface area contributed by atoms with Gasteiger partial charge in [-0.3, -0.25) is 0 Å². The first-order valence-corrected chi connectivity index (χ1v) is 6.60. The smallest absolute Gasteiger partial charge is 0.158 e. The van der Waals surface area contributed by atoms with E-state index >= 15 is 0 Å². The van der Waals surface area contributed by atoms with Gasteiger partial charge in [0, 0.05) is 0 Å². The van der Waals surface area contributed by atoms with Gasteiger partial charge in [0.1, 0.15) is 6.61 Å². The molecule has 2 aromatic carbocycles. The van der Waals surface area contributed by atoms with Crippen LogP contribution in [0.25, 0.3) is 5.69 Å². The third-order valence-electron chi connectivity index (χ3n) is 3.24. The molecule has 100 valence electrons. The van der Waals surface area contributed by atoms with Crippen LogP contribution in [0.1, 0.15) is 11.1 Å². The summed E-state index contributed by atoms with van der Waals surface area (Å²) >= 11 is 0. The highest BCUT2D eigenvalue weighted by molar-refractivity contribution is 5.32. The lowest BCUT2D eigenvalue weighted by atomic mass is 10.1. The molecule has 0 unspecified atom stereocenters. The Labute approximate surface area is 118 Å². The van der Waals surface area contributed by atoms with Crippen LogP contribution in [-0.2, 0) is 6.61 Å². The molecule has 0 saturated heterocycles.